The van der Waals surface area contributed by atoms with Crippen molar-refractivity contribution in [3.05, 3.63) is 40.5 Å². The van der Waals surface area contributed by atoms with E-state index in [1.54, 1.807) is 24.8 Å². The highest BCUT2D eigenvalue weighted by molar-refractivity contribution is 14.1. The molecule has 0 saturated heterocycles. The normalized spacial score (nSPS) is 9.92. The van der Waals surface area contributed by atoms with Crippen LogP contribution in [0.2, 0.25) is 0 Å². The quantitative estimate of drug-likeness (QED) is 0.753. The smallest absolute Gasteiger partial charge is 0.160 e. The van der Waals surface area contributed by atoms with Crippen molar-refractivity contribution in [3.8, 4) is 11.4 Å². The zero-order valence-electron chi connectivity index (χ0n) is 6.68. The maximum atomic E-state index is 4.19. The zero-order valence-corrected chi connectivity index (χ0v) is 8.84. The van der Waals surface area contributed by atoms with Crippen LogP contribution in [0.1, 0.15) is 0 Å². The molecule has 2 aromatic heterocycles. The van der Waals surface area contributed by atoms with Gasteiger partial charge in [-0.05, 0) is 34.7 Å². The van der Waals surface area contributed by atoms with E-state index >= 15 is 0 Å². The van der Waals surface area contributed by atoms with Crippen LogP contribution < -0.4 is 0 Å². The van der Waals surface area contributed by atoms with Crippen LogP contribution in [0, 0.1) is 3.57 Å². The minimum atomic E-state index is 0.716. The molecule has 3 nitrogen and oxygen atoms in total. The summed E-state index contributed by atoms with van der Waals surface area (Å²) in [5.41, 5.74) is 0.943. The SMILES string of the molecule is Ic1cnc(-c2cccnc2)nc1. The molecule has 13 heavy (non-hydrogen) atoms. The maximum Gasteiger partial charge on any atom is 0.160 e. The van der Waals surface area contributed by atoms with Crippen molar-refractivity contribution in [1.82, 2.24) is 15.0 Å². The molecular formula is C9H6IN3. The average molecular weight is 283 g/mol. The van der Waals surface area contributed by atoms with Crippen molar-refractivity contribution in [2.75, 3.05) is 0 Å². The number of hydrogen-bond acceptors (Lipinski definition) is 3. The Morgan fingerprint density at radius 1 is 1.08 bits per heavy atom. The Bertz CT molecular complexity index is 385. The van der Waals surface area contributed by atoms with Crippen molar-refractivity contribution >= 4 is 22.6 Å². The third kappa shape index (κ3) is 2.00. The van der Waals surface area contributed by atoms with Crippen molar-refractivity contribution in [2.45, 2.75) is 0 Å². The highest BCUT2D eigenvalue weighted by atomic mass is 127. The molecule has 4 heteroatoms. The Labute approximate surface area is 89.4 Å². The molecule has 0 bridgehead atoms. The summed E-state index contributed by atoms with van der Waals surface area (Å²) in [7, 11) is 0. The second-order valence-electron chi connectivity index (χ2n) is 2.47. The zero-order chi connectivity index (χ0) is 9.10. The Kier molecular flexibility index (Phi) is 2.49. The van der Waals surface area contributed by atoms with Gasteiger partial charge < -0.3 is 0 Å². The molecule has 0 fully saturated rings. The maximum absolute atomic E-state index is 4.19. The first-order valence-electron chi connectivity index (χ1n) is 3.74. The summed E-state index contributed by atoms with van der Waals surface area (Å²) in [6.45, 7) is 0. The van der Waals surface area contributed by atoms with Crippen LogP contribution in [0.15, 0.2) is 36.9 Å². The van der Waals surface area contributed by atoms with Gasteiger partial charge in [-0.1, -0.05) is 0 Å². The molecule has 0 aromatic carbocycles. The van der Waals surface area contributed by atoms with Crippen LogP contribution in [-0.4, -0.2) is 15.0 Å². The highest BCUT2D eigenvalue weighted by Gasteiger charge is 1.98. The van der Waals surface area contributed by atoms with Crippen LogP contribution in [0.3, 0.4) is 0 Å². The van der Waals surface area contributed by atoms with E-state index in [1.807, 2.05) is 12.1 Å². The Morgan fingerprint density at radius 2 is 1.85 bits per heavy atom. The molecule has 0 amide bonds. The number of halogens is 1. The Balaban J connectivity index is 2.42. The second kappa shape index (κ2) is 3.78. The molecule has 2 heterocycles. The lowest BCUT2D eigenvalue weighted by molar-refractivity contribution is 1.15. The number of hydrogen-bond donors (Lipinski definition) is 0. The minimum absolute atomic E-state index is 0.716. The van der Waals surface area contributed by atoms with Crippen LogP contribution in [0.5, 0.6) is 0 Å². The molecule has 0 saturated carbocycles. The monoisotopic (exact) mass is 283 g/mol. The molecule has 0 N–H and O–H groups in total. The molecular weight excluding hydrogens is 277 g/mol. The van der Waals surface area contributed by atoms with Gasteiger partial charge in [0, 0.05) is 33.9 Å². The van der Waals surface area contributed by atoms with Crippen LogP contribution in [0.4, 0.5) is 0 Å². The number of pyridine rings is 1. The first kappa shape index (κ1) is 8.55. The molecule has 2 rings (SSSR count). The van der Waals surface area contributed by atoms with Gasteiger partial charge in [0.1, 0.15) is 0 Å². The van der Waals surface area contributed by atoms with Gasteiger partial charge in [0.25, 0.3) is 0 Å². The first-order valence-corrected chi connectivity index (χ1v) is 4.82. The van der Waals surface area contributed by atoms with Gasteiger partial charge in [-0.2, -0.15) is 0 Å². The van der Waals surface area contributed by atoms with Gasteiger partial charge in [-0.15, -0.1) is 0 Å². The summed E-state index contributed by atoms with van der Waals surface area (Å²) in [6.07, 6.45) is 7.06. The fourth-order valence-corrected chi connectivity index (χ4v) is 1.23. The fourth-order valence-electron chi connectivity index (χ4n) is 0.956. The molecule has 0 aliphatic heterocycles. The van der Waals surface area contributed by atoms with E-state index < -0.39 is 0 Å². The predicted octanol–water partition coefficient (Wildman–Crippen LogP) is 2.14. The second-order valence-corrected chi connectivity index (χ2v) is 3.71. The van der Waals surface area contributed by atoms with Gasteiger partial charge in [0.05, 0.1) is 0 Å². The first-order chi connectivity index (χ1) is 6.36. The van der Waals surface area contributed by atoms with Gasteiger partial charge in [0.2, 0.25) is 0 Å². The van der Waals surface area contributed by atoms with E-state index in [1.165, 1.54) is 0 Å². The molecule has 0 unspecified atom stereocenters. The summed E-state index contributed by atoms with van der Waals surface area (Å²) >= 11 is 2.18. The van der Waals surface area contributed by atoms with Gasteiger partial charge in [0.15, 0.2) is 5.82 Å². The Hall–Kier alpha value is -1.04. The van der Waals surface area contributed by atoms with Crippen LogP contribution >= 0.6 is 22.6 Å². The molecule has 0 aliphatic rings. The lowest BCUT2D eigenvalue weighted by Gasteiger charge is -1.97. The van der Waals surface area contributed by atoms with E-state index in [0.717, 1.165) is 9.13 Å². The Morgan fingerprint density at radius 3 is 2.46 bits per heavy atom. The van der Waals surface area contributed by atoms with E-state index in [9.17, 15) is 0 Å². The van der Waals surface area contributed by atoms with Crippen molar-refractivity contribution in [3.63, 3.8) is 0 Å². The topological polar surface area (TPSA) is 38.7 Å². The van der Waals surface area contributed by atoms with Gasteiger partial charge in [-0.25, -0.2) is 9.97 Å². The lowest BCUT2D eigenvalue weighted by Crippen LogP contribution is -1.88. The lowest BCUT2D eigenvalue weighted by atomic mass is 10.3. The van der Waals surface area contributed by atoms with Crippen molar-refractivity contribution in [1.29, 1.82) is 0 Å². The third-order valence-electron chi connectivity index (χ3n) is 1.54. The minimum Gasteiger partial charge on any atom is -0.264 e. The largest absolute Gasteiger partial charge is 0.264 e. The number of rotatable bonds is 1. The highest BCUT2D eigenvalue weighted by Crippen LogP contribution is 2.12. The standard InChI is InChI=1S/C9H6IN3/c10-8-5-12-9(13-6-8)7-2-1-3-11-4-7/h1-6H. The van der Waals surface area contributed by atoms with Gasteiger partial charge >= 0.3 is 0 Å². The molecule has 0 radical (unpaired) electrons. The number of aromatic nitrogens is 3. The fraction of sp³-hybridized carbons (Fsp3) is 0. The van der Waals surface area contributed by atoms with Crippen LogP contribution in [-0.2, 0) is 0 Å². The van der Waals surface area contributed by atoms with E-state index in [2.05, 4.69) is 37.5 Å². The van der Waals surface area contributed by atoms with Crippen molar-refractivity contribution in [2.24, 2.45) is 0 Å². The third-order valence-corrected chi connectivity index (χ3v) is 2.10. The molecule has 0 atom stereocenters. The average Bonchev–Trinajstić information content (AvgIpc) is 2.20. The summed E-state index contributed by atoms with van der Waals surface area (Å²) in [6, 6.07) is 3.81. The summed E-state index contributed by atoms with van der Waals surface area (Å²) in [4.78, 5) is 12.4. The summed E-state index contributed by atoms with van der Waals surface area (Å²) in [5, 5.41) is 0. The van der Waals surface area contributed by atoms with Crippen molar-refractivity contribution < 1.29 is 0 Å². The van der Waals surface area contributed by atoms with Crippen LogP contribution in [0.25, 0.3) is 11.4 Å². The number of nitrogens with zero attached hydrogens (tertiary/aromatic N) is 3. The predicted molar refractivity (Wildman–Crippen MR) is 58.0 cm³/mol. The molecule has 0 aliphatic carbocycles. The van der Waals surface area contributed by atoms with E-state index in [-0.39, 0.29) is 0 Å². The van der Waals surface area contributed by atoms with E-state index in [4.69, 9.17) is 0 Å². The molecule has 64 valence electrons. The summed E-state index contributed by atoms with van der Waals surface area (Å²) in [5.74, 6) is 0.716. The van der Waals surface area contributed by atoms with E-state index in [0.29, 0.717) is 5.82 Å². The van der Waals surface area contributed by atoms with Gasteiger partial charge in [-0.3, -0.25) is 4.98 Å². The molecule has 0 spiro atoms. The molecule has 2 aromatic rings. The summed E-state index contributed by atoms with van der Waals surface area (Å²) < 4.78 is 1.03.